The van der Waals surface area contributed by atoms with Gasteiger partial charge in [0.25, 0.3) is 11.5 Å². The van der Waals surface area contributed by atoms with Crippen LogP contribution < -0.4 is 10.9 Å². The van der Waals surface area contributed by atoms with Crippen molar-refractivity contribution in [1.82, 2.24) is 24.7 Å². The third kappa shape index (κ3) is 1.29. The molecular weight excluding hydrogens is 326 g/mol. The fourth-order valence-electron chi connectivity index (χ4n) is 2.57. The Morgan fingerprint density at radius 1 is 1.35 bits per heavy atom. The predicted octanol–water partition coefficient (Wildman–Crippen LogP) is 1.07. The topological polar surface area (TPSA) is 81.3 Å². The normalized spacial score (nSPS) is 17.7. The maximum atomic E-state index is 12.6. The Kier molecular flexibility index (Phi) is 2.12. The summed E-state index contributed by atoms with van der Waals surface area (Å²) in [7, 11) is 0. The van der Waals surface area contributed by atoms with Crippen molar-refractivity contribution < 1.29 is 4.79 Å². The average molecular weight is 334 g/mol. The summed E-state index contributed by atoms with van der Waals surface area (Å²) in [6, 6.07) is 5.34. The van der Waals surface area contributed by atoms with Crippen LogP contribution in [-0.2, 0) is 0 Å². The number of benzene rings is 1. The molecule has 0 saturated carbocycles. The highest BCUT2D eigenvalue weighted by molar-refractivity contribution is 9.10. The molecule has 8 heteroatoms. The molecule has 1 amide bonds. The van der Waals surface area contributed by atoms with E-state index in [1.165, 1.54) is 9.08 Å². The summed E-state index contributed by atoms with van der Waals surface area (Å²) < 4.78 is 3.85. The molecule has 0 aliphatic carbocycles. The summed E-state index contributed by atoms with van der Waals surface area (Å²) in [5.41, 5.74) is 1.06. The van der Waals surface area contributed by atoms with Crippen molar-refractivity contribution >= 4 is 38.4 Å². The molecule has 4 rings (SSSR count). The Labute approximate surface area is 120 Å². The van der Waals surface area contributed by atoms with Crippen LogP contribution in [0.15, 0.2) is 27.5 Å². The van der Waals surface area contributed by atoms with Gasteiger partial charge < -0.3 is 5.32 Å². The number of rotatable bonds is 0. The van der Waals surface area contributed by atoms with Crippen LogP contribution in [0.5, 0.6) is 0 Å². The third-order valence-corrected chi connectivity index (χ3v) is 3.95. The van der Waals surface area contributed by atoms with Crippen molar-refractivity contribution in [2.45, 2.75) is 13.1 Å². The monoisotopic (exact) mass is 333 g/mol. The van der Waals surface area contributed by atoms with Crippen molar-refractivity contribution in [2.24, 2.45) is 0 Å². The van der Waals surface area contributed by atoms with E-state index >= 15 is 0 Å². The first-order chi connectivity index (χ1) is 9.58. The van der Waals surface area contributed by atoms with Crippen molar-refractivity contribution in [3.8, 4) is 0 Å². The molecule has 0 saturated heterocycles. The quantitative estimate of drug-likeness (QED) is 0.667. The van der Waals surface area contributed by atoms with Gasteiger partial charge in [0.05, 0.1) is 10.9 Å². The fraction of sp³-hybridized carbons (Fsp3) is 0.167. The van der Waals surface area contributed by atoms with Crippen LogP contribution in [-0.4, -0.2) is 25.3 Å². The first-order valence-electron chi connectivity index (χ1n) is 5.98. The van der Waals surface area contributed by atoms with E-state index in [0.717, 1.165) is 4.47 Å². The second-order valence-corrected chi connectivity index (χ2v) is 5.58. The lowest BCUT2D eigenvalue weighted by Crippen LogP contribution is -2.41. The van der Waals surface area contributed by atoms with Gasteiger partial charge in [-0.1, -0.05) is 21.1 Å². The predicted molar refractivity (Wildman–Crippen MR) is 74.6 cm³/mol. The number of aromatic nitrogens is 4. The van der Waals surface area contributed by atoms with Gasteiger partial charge in [0.15, 0.2) is 11.3 Å². The number of halogens is 1. The minimum absolute atomic E-state index is 0.171. The second-order valence-electron chi connectivity index (χ2n) is 4.66. The van der Waals surface area contributed by atoms with Crippen molar-refractivity contribution in [3.63, 3.8) is 0 Å². The minimum atomic E-state index is -0.438. The van der Waals surface area contributed by atoms with E-state index in [0.29, 0.717) is 16.6 Å². The van der Waals surface area contributed by atoms with Gasteiger partial charge in [0.1, 0.15) is 6.17 Å². The van der Waals surface area contributed by atoms with Crippen LogP contribution in [0.3, 0.4) is 0 Å². The molecule has 1 unspecified atom stereocenters. The Bertz CT molecular complexity index is 958. The van der Waals surface area contributed by atoms with Gasteiger partial charge in [-0.2, -0.15) is 4.52 Å². The Morgan fingerprint density at radius 3 is 2.95 bits per heavy atom. The fourth-order valence-corrected chi connectivity index (χ4v) is 2.94. The third-order valence-electron chi connectivity index (χ3n) is 3.45. The standard InChI is InChI=1S/C12H8BrN5O2/c1-5-14-10(19)9-11-17(5)12(20)7-4-6(13)2-3-8(7)18(11)16-15-9/h2-5H,1H3,(H,14,19). The van der Waals surface area contributed by atoms with E-state index < -0.39 is 6.17 Å². The number of hydrogen-bond acceptors (Lipinski definition) is 4. The maximum Gasteiger partial charge on any atom is 0.277 e. The van der Waals surface area contributed by atoms with E-state index in [9.17, 15) is 9.59 Å². The molecule has 0 bridgehead atoms. The molecule has 1 N–H and O–H groups in total. The lowest BCUT2D eigenvalue weighted by molar-refractivity contribution is 0.0911. The molecule has 7 nitrogen and oxygen atoms in total. The number of carbonyl (C=O) groups is 1. The van der Waals surface area contributed by atoms with E-state index in [-0.39, 0.29) is 17.2 Å². The molecule has 3 aromatic rings. The number of nitrogens with zero attached hydrogens (tertiary/aromatic N) is 4. The highest BCUT2D eigenvalue weighted by Crippen LogP contribution is 2.23. The summed E-state index contributed by atoms with van der Waals surface area (Å²) in [5, 5.41) is 11.1. The van der Waals surface area contributed by atoms with Gasteiger partial charge in [0.2, 0.25) is 0 Å². The van der Waals surface area contributed by atoms with Crippen molar-refractivity contribution in [3.05, 3.63) is 38.7 Å². The van der Waals surface area contributed by atoms with Crippen molar-refractivity contribution in [1.29, 1.82) is 0 Å². The van der Waals surface area contributed by atoms with Crippen molar-refractivity contribution in [2.75, 3.05) is 0 Å². The lowest BCUT2D eigenvalue weighted by atomic mass is 10.2. The molecule has 0 fully saturated rings. The summed E-state index contributed by atoms with van der Waals surface area (Å²) in [6.07, 6.45) is -0.438. The maximum absolute atomic E-state index is 12.6. The Morgan fingerprint density at radius 2 is 2.15 bits per heavy atom. The summed E-state index contributed by atoms with van der Waals surface area (Å²) in [6.45, 7) is 1.75. The summed E-state index contributed by atoms with van der Waals surface area (Å²) in [5.74, 6) is -0.316. The molecule has 3 heterocycles. The van der Waals surface area contributed by atoms with Crippen LogP contribution in [0.4, 0.5) is 0 Å². The molecular formula is C12H8BrN5O2. The SMILES string of the molecule is CC1NC(=O)c2nnn3c4ccc(Br)cc4c(=O)n1c23. The average Bonchev–Trinajstić information content (AvgIpc) is 2.83. The smallest absolute Gasteiger partial charge is 0.277 e. The van der Waals surface area contributed by atoms with E-state index in [2.05, 4.69) is 31.6 Å². The molecule has 1 aliphatic rings. The van der Waals surface area contributed by atoms with Gasteiger partial charge in [-0.3, -0.25) is 14.2 Å². The number of amides is 1. The van der Waals surface area contributed by atoms with Crippen LogP contribution in [0.1, 0.15) is 23.6 Å². The van der Waals surface area contributed by atoms with Gasteiger partial charge >= 0.3 is 0 Å². The second kappa shape index (κ2) is 3.66. The molecule has 2 aromatic heterocycles. The van der Waals surface area contributed by atoms with Gasteiger partial charge in [0, 0.05) is 4.47 Å². The molecule has 100 valence electrons. The highest BCUT2D eigenvalue weighted by Gasteiger charge is 2.29. The lowest BCUT2D eigenvalue weighted by Gasteiger charge is -2.22. The molecule has 0 spiro atoms. The number of fused-ring (bicyclic) bond motifs is 2. The first-order valence-corrected chi connectivity index (χ1v) is 6.77. The highest BCUT2D eigenvalue weighted by atomic mass is 79.9. The Hall–Kier alpha value is -2.22. The molecule has 1 atom stereocenters. The van der Waals surface area contributed by atoms with Gasteiger partial charge in [-0.15, -0.1) is 5.10 Å². The van der Waals surface area contributed by atoms with Gasteiger partial charge in [-0.05, 0) is 25.1 Å². The molecule has 0 radical (unpaired) electrons. The summed E-state index contributed by atoms with van der Waals surface area (Å²) >= 11 is 3.36. The zero-order valence-electron chi connectivity index (χ0n) is 10.3. The zero-order valence-corrected chi connectivity index (χ0v) is 11.9. The van der Waals surface area contributed by atoms with E-state index in [4.69, 9.17) is 0 Å². The van der Waals surface area contributed by atoms with E-state index in [1.807, 2.05) is 6.07 Å². The van der Waals surface area contributed by atoms with Crippen LogP contribution in [0.25, 0.3) is 16.6 Å². The van der Waals surface area contributed by atoms with Crippen LogP contribution in [0, 0.1) is 0 Å². The zero-order chi connectivity index (χ0) is 14.0. The summed E-state index contributed by atoms with van der Waals surface area (Å²) in [4.78, 5) is 24.5. The first kappa shape index (κ1) is 11.6. The van der Waals surface area contributed by atoms with E-state index in [1.54, 1.807) is 19.1 Å². The largest absolute Gasteiger partial charge is 0.330 e. The number of hydrogen-bond donors (Lipinski definition) is 1. The molecule has 20 heavy (non-hydrogen) atoms. The van der Waals surface area contributed by atoms with Crippen LogP contribution >= 0.6 is 15.9 Å². The molecule has 1 aromatic carbocycles. The minimum Gasteiger partial charge on any atom is -0.330 e. The van der Waals surface area contributed by atoms with Gasteiger partial charge in [-0.25, -0.2) is 0 Å². The number of nitrogens with one attached hydrogen (secondary N) is 1. The Balaban J connectivity index is 2.34. The molecule has 1 aliphatic heterocycles. The number of carbonyl (C=O) groups excluding carboxylic acids is 1. The van der Waals surface area contributed by atoms with Crippen LogP contribution in [0.2, 0.25) is 0 Å².